The first-order valence-electron chi connectivity index (χ1n) is 7.05. The lowest BCUT2D eigenvalue weighted by atomic mass is 9.79. The van der Waals surface area contributed by atoms with Crippen molar-refractivity contribution in [2.45, 2.75) is 50.5 Å². The molecule has 2 unspecified atom stereocenters. The number of hydrogen-bond acceptors (Lipinski definition) is 3. The van der Waals surface area contributed by atoms with Crippen LogP contribution in [-0.2, 0) is 9.53 Å². The molecule has 0 aromatic heterocycles. The third-order valence-corrected chi connectivity index (χ3v) is 5.90. The van der Waals surface area contributed by atoms with Gasteiger partial charge in [0, 0.05) is 24.2 Å². The van der Waals surface area contributed by atoms with E-state index in [9.17, 15) is 4.79 Å². The smallest absolute Gasteiger partial charge is 0.140 e. The number of rotatable bonds is 2. The first-order valence-corrected chi connectivity index (χ1v) is 8.20. The molecule has 17 heavy (non-hydrogen) atoms. The van der Waals surface area contributed by atoms with E-state index in [1.807, 2.05) is 11.8 Å². The van der Waals surface area contributed by atoms with Crippen molar-refractivity contribution >= 4 is 17.5 Å². The van der Waals surface area contributed by atoms with E-state index in [0.717, 1.165) is 31.6 Å². The zero-order chi connectivity index (χ0) is 11.7. The summed E-state index contributed by atoms with van der Waals surface area (Å²) in [5.41, 5.74) is 0.102. The number of thioether (sulfide) groups is 1. The van der Waals surface area contributed by atoms with Crippen molar-refractivity contribution < 1.29 is 9.53 Å². The summed E-state index contributed by atoms with van der Waals surface area (Å²) in [5.74, 6) is 3.49. The van der Waals surface area contributed by atoms with Crippen LogP contribution in [0.4, 0.5) is 0 Å². The standard InChI is InChI=1S/C14H22O2S/c15-13(12-4-8-17-10-12)11-3-7-16-14(9-11)5-1-2-6-14/h11-12H,1-10H2. The molecule has 0 radical (unpaired) electrons. The van der Waals surface area contributed by atoms with Gasteiger partial charge in [-0.1, -0.05) is 12.8 Å². The minimum absolute atomic E-state index is 0.102. The van der Waals surface area contributed by atoms with E-state index in [2.05, 4.69) is 0 Å². The summed E-state index contributed by atoms with van der Waals surface area (Å²) in [6, 6.07) is 0. The fraction of sp³-hybridized carbons (Fsp3) is 0.929. The second kappa shape index (κ2) is 4.93. The average molecular weight is 254 g/mol. The maximum atomic E-state index is 12.5. The first-order chi connectivity index (χ1) is 8.29. The van der Waals surface area contributed by atoms with E-state index in [-0.39, 0.29) is 5.60 Å². The molecule has 0 aromatic rings. The van der Waals surface area contributed by atoms with Gasteiger partial charge in [-0.2, -0.15) is 11.8 Å². The Bertz CT molecular complexity index is 291. The molecule has 2 aliphatic heterocycles. The number of ether oxygens (including phenoxy) is 1. The summed E-state index contributed by atoms with van der Waals surface area (Å²) in [6.45, 7) is 0.816. The van der Waals surface area contributed by atoms with Crippen molar-refractivity contribution in [3.05, 3.63) is 0 Å². The maximum Gasteiger partial charge on any atom is 0.140 e. The van der Waals surface area contributed by atoms with Crippen LogP contribution in [0.5, 0.6) is 0 Å². The number of ketones is 1. The summed E-state index contributed by atoms with van der Waals surface area (Å²) in [4.78, 5) is 12.5. The van der Waals surface area contributed by atoms with Crippen molar-refractivity contribution in [2.24, 2.45) is 11.8 Å². The number of hydrogen-bond donors (Lipinski definition) is 0. The fourth-order valence-corrected chi connectivity index (χ4v) is 4.96. The predicted octanol–water partition coefficient (Wildman–Crippen LogP) is 3.05. The van der Waals surface area contributed by atoms with Crippen LogP contribution in [0, 0.1) is 11.8 Å². The van der Waals surface area contributed by atoms with Gasteiger partial charge >= 0.3 is 0 Å². The lowest BCUT2D eigenvalue weighted by Gasteiger charge is -2.38. The van der Waals surface area contributed by atoms with Gasteiger partial charge in [0.1, 0.15) is 5.78 Å². The van der Waals surface area contributed by atoms with E-state index in [1.165, 1.54) is 31.4 Å². The summed E-state index contributed by atoms with van der Waals surface area (Å²) < 4.78 is 6.01. The molecule has 0 N–H and O–H groups in total. The molecule has 0 bridgehead atoms. The molecule has 1 aliphatic carbocycles. The Labute approximate surface area is 108 Å². The van der Waals surface area contributed by atoms with Crippen LogP contribution in [0.25, 0.3) is 0 Å². The van der Waals surface area contributed by atoms with Crippen molar-refractivity contribution in [3.63, 3.8) is 0 Å². The Morgan fingerprint density at radius 2 is 2.00 bits per heavy atom. The van der Waals surface area contributed by atoms with Gasteiger partial charge in [-0.25, -0.2) is 0 Å². The molecule has 96 valence electrons. The van der Waals surface area contributed by atoms with E-state index in [0.29, 0.717) is 17.6 Å². The van der Waals surface area contributed by atoms with Gasteiger partial charge in [0.2, 0.25) is 0 Å². The molecule has 2 saturated heterocycles. The maximum absolute atomic E-state index is 12.5. The minimum Gasteiger partial charge on any atom is -0.375 e. The number of carbonyl (C=O) groups is 1. The van der Waals surface area contributed by atoms with Crippen LogP contribution in [-0.4, -0.2) is 29.5 Å². The molecule has 0 aromatic carbocycles. The highest BCUT2D eigenvalue weighted by Gasteiger charge is 2.43. The molecule has 3 heteroatoms. The SMILES string of the molecule is O=C(C1CCSC1)C1CCOC2(CCCC2)C1. The van der Waals surface area contributed by atoms with Crippen LogP contribution in [0.3, 0.4) is 0 Å². The van der Waals surface area contributed by atoms with Crippen LogP contribution in [0.2, 0.25) is 0 Å². The predicted molar refractivity (Wildman–Crippen MR) is 70.3 cm³/mol. The minimum atomic E-state index is 0.102. The summed E-state index contributed by atoms with van der Waals surface area (Å²) in [7, 11) is 0. The second-order valence-electron chi connectivity index (χ2n) is 5.89. The lowest BCUT2D eigenvalue weighted by molar-refractivity contribution is -0.139. The Kier molecular flexibility index (Phi) is 3.49. The van der Waals surface area contributed by atoms with Crippen molar-refractivity contribution in [2.75, 3.05) is 18.1 Å². The molecule has 1 spiro atoms. The van der Waals surface area contributed by atoms with Gasteiger partial charge in [-0.05, 0) is 37.9 Å². The van der Waals surface area contributed by atoms with Crippen LogP contribution in [0.15, 0.2) is 0 Å². The molecule has 3 fully saturated rings. The molecule has 3 rings (SSSR count). The van der Waals surface area contributed by atoms with Crippen LogP contribution >= 0.6 is 11.8 Å². The number of carbonyl (C=O) groups excluding carboxylic acids is 1. The summed E-state index contributed by atoms with van der Waals surface area (Å²) in [5, 5.41) is 0. The summed E-state index contributed by atoms with van der Waals surface area (Å²) in [6.07, 6.45) is 8.08. The van der Waals surface area contributed by atoms with Gasteiger partial charge in [-0.15, -0.1) is 0 Å². The van der Waals surface area contributed by atoms with E-state index >= 15 is 0 Å². The zero-order valence-corrected chi connectivity index (χ0v) is 11.3. The van der Waals surface area contributed by atoms with Gasteiger partial charge in [0.05, 0.1) is 5.60 Å². The fourth-order valence-electron chi connectivity index (χ4n) is 3.73. The van der Waals surface area contributed by atoms with E-state index in [4.69, 9.17) is 4.74 Å². The van der Waals surface area contributed by atoms with Crippen molar-refractivity contribution in [1.82, 2.24) is 0 Å². The van der Waals surface area contributed by atoms with Crippen molar-refractivity contribution in [1.29, 1.82) is 0 Å². The Hall–Kier alpha value is -0.0200. The molecule has 2 heterocycles. The monoisotopic (exact) mass is 254 g/mol. The molecule has 3 aliphatic rings. The molecule has 2 nitrogen and oxygen atoms in total. The highest BCUT2D eigenvalue weighted by molar-refractivity contribution is 7.99. The van der Waals surface area contributed by atoms with Gasteiger partial charge < -0.3 is 4.74 Å². The van der Waals surface area contributed by atoms with Crippen molar-refractivity contribution in [3.8, 4) is 0 Å². The normalized spacial score (nSPS) is 36.5. The van der Waals surface area contributed by atoms with E-state index < -0.39 is 0 Å². The van der Waals surface area contributed by atoms with Gasteiger partial charge in [0.25, 0.3) is 0 Å². The summed E-state index contributed by atoms with van der Waals surface area (Å²) >= 11 is 1.95. The van der Waals surface area contributed by atoms with Gasteiger partial charge in [0.15, 0.2) is 0 Å². The Morgan fingerprint density at radius 3 is 2.71 bits per heavy atom. The van der Waals surface area contributed by atoms with Gasteiger partial charge in [-0.3, -0.25) is 4.79 Å². The first kappa shape index (κ1) is 12.0. The molecular formula is C14H22O2S. The molecular weight excluding hydrogens is 232 g/mol. The topological polar surface area (TPSA) is 26.3 Å². The Morgan fingerprint density at radius 1 is 1.18 bits per heavy atom. The molecule has 0 amide bonds. The molecule has 2 atom stereocenters. The largest absolute Gasteiger partial charge is 0.375 e. The highest BCUT2D eigenvalue weighted by atomic mass is 32.2. The third kappa shape index (κ3) is 2.41. The average Bonchev–Trinajstić information content (AvgIpc) is 3.00. The third-order valence-electron chi connectivity index (χ3n) is 4.74. The zero-order valence-electron chi connectivity index (χ0n) is 10.5. The molecule has 1 saturated carbocycles. The quantitative estimate of drug-likeness (QED) is 0.757. The second-order valence-corrected chi connectivity index (χ2v) is 7.04. The van der Waals surface area contributed by atoms with Crippen LogP contribution in [0.1, 0.15) is 44.9 Å². The van der Waals surface area contributed by atoms with Crippen LogP contribution < -0.4 is 0 Å². The Balaban J connectivity index is 1.64. The number of Topliss-reactive ketones (excluding diaryl/α,β-unsaturated/α-hetero) is 1. The highest BCUT2D eigenvalue weighted by Crippen LogP contribution is 2.43. The van der Waals surface area contributed by atoms with E-state index in [1.54, 1.807) is 0 Å². The lowest BCUT2D eigenvalue weighted by Crippen LogP contribution is -2.41.